The molecule has 2 aromatic heterocycles. The van der Waals surface area contributed by atoms with Crippen LogP contribution in [0.1, 0.15) is 19.2 Å². The van der Waals surface area contributed by atoms with Gasteiger partial charge in [0, 0.05) is 35.1 Å². The topological polar surface area (TPSA) is 64.5 Å². The molecule has 2 N–H and O–H groups in total. The fourth-order valence-corrected chi connectivity index (χ4v) is 2.53. The van der Waals surface area contributed by atoms with Gasteiger partial charge in [-0.1, -0.05) is 24.6 Å². The summed E-state index contributed by atoms with van der Waals surface area (Å²) in [5.74, 6) is 2.36. The zero-order valence-corrected chi connectivity index (χ0v) is 13.8. The van der Waals surface area contributed by atoms with E-state index in [-0.39, 0.29) is 0 Å². The maximum Gasteiger partial charge on any atom is 0.276 e. The second-order valence-corrected chi connectivity index (χ2v) is 5.83. The van der Waals surface area contributed by atoms with Crippen molar-refractivity contribution in [2.45, 2.75) is 13.3 Å². The van der Waals surface area contributed by atoms with Crippen LogP contribution in [0.3, 0.4) is 0 Å². The largest absolute Gasteiger partial charge is 0.488 e. The average Bonchev–Trinajstić information content (AvgIpc) is 2.58. The SMILES string of the molecule is COc1cnc(C2=CCC(C)C(Cl)=C2)nc1[NH2+]c1ccncc1. The summed E-state index contributed by atoms with van der Waals surface area (Å²) in [6, 6.07) is 3.83. The van der Waals surface area contributed by atoms with Crippen LogP contribution in [0.15, 0.2) is 47.9 Å². The van der Waals surface area contributed by atoms with Crippen molar-refractivity contribution in [3.05, 3.63) is 53.7 Å². The van der Waals surface area contributed by atoms with E-state index >= 15 is 0 Å². The number of nitrogens with two attached hydrogens (primary N) is 1. The van der Waals surface area contributed by atoms with E-state index < -0.39 is 0 Å². The van der Waals surface area contributed by atoms with E-state index in [4.69, 9.17) is 16.3 Å². The lowest BCUT2D eigenvalue weighted by Gasteiger charge is -2.15. The van der Waals surface area contributed by atoms with E-state index in [0.717, 1.165) is 28.5 Å². The molecular weight excluding hydrogens is 312 g/mol. The van der Waals surface area contributed by atoms with Crippen LogP contribution in [0, 0.1) is 5.92 Å². The van der Waals surface area contributed by atoms with E-state index in [1.807, 2.05) is 23.5 Å². The van der Waals surface area contributed by atoms with Gasteiger partial charge in [0.2, 0.25) is 5.75 Å². The van der Waals surface area contributed by atoms with Gasteiger partial charge in [-0.25, -0.2) is 4.98 Å². The summed E-state index contributed by atoms with van der Waals surface area (Å²) in [5.41, 5.74) is 1.95. The van der Waals surface area contributed by atoms with Crippen LogP contribution in [-0.2, 0) is 0 Å². The molecular formula is C17H18ClN4O+. The Hall–Kier alpha value is -2.24. The zero-order chi connectivity index (χ0) is 16.2. The third-order valence-corrected chi connectivity index (χ3v) is 4.21. The van der Waals surface area contributed by atoms with Gasteiger partial charge in [-0.15, -0.1) is 0 Å². The maximum atomic E-state index is 6.27. The number of hydrogen-bond donors (Lipinski definition) is 1. The quantitative estimate of drug-likeness (QED) is 0.936. The first-order valence-electron chi connectivity index (χ1n) is 7.41. The second kappa shape index (κ2) is 6.89. The van der Waals surface area contributed by atoms with E-state index in [1.165, 1.54) is 0 Å². The Kier molecular flexibility index (Phi) is 4.69. The summed E-state index contributed by atoms with van der Waals surface area (Å²) in [6.07, 6.45) is 10.1. The minimum Gasteiger partial charge on any atom is -0.488 e. The molecule has 3 rings (SSSR count). The van der Waals surface area contributed by atoms with E-state index in [0.29, 0.717) is 17.5 Å². The minimum atomic E-state index is 0.349. The van der Waals surface area contributed by atoms with Crippen molar-refractivity contribution in [1.29, 1.82) is 0 Å². The molecule has 1 atom stereocenters. The van der Waals surface area contributed by atoms with Gasteiger partial charge in [-0.05, 0) is 18.4 Å². The summed E-state index contributed by atoms with van der Waals surface area (Å²) in [4.78, 5) is 13.1. The van der Waals surface area contributed by atoms with Gasteiger partial charge in [-0.2, -0.15) is 4.98 Å². The molecule has 0 aliphatic heterocycles. The zero-order valence-electron chi connectivity index (χ0n) is 13.0. The Morgan fingerprint density at radius 1 is 1.30 bits per heavy atom. The lowest BCUT2D eigenvalue weighted by Crippen LogP contribution is -2.71. The fraction of sp³-hybridized carbons (Fsp3) is 0.235. The summed E-state index contributed by atoms with van der Waals surface area (Å²) in [5, 5.41) is 2.78. The van der Waals surface area contributed by atoms with Gasteiger partial charge in [0.25, 0.3) is 5.82 Å². The fourth-order valence-electron chi connectivity index (χ4n) is 2.32. The highest BCUT2D eigenvalue weighted by atomic mass is 35.5. The molecule has 0 radical (unpaired) electrons. The number of quaternary nitrogens is 1. The number of hydrogen-bond acceptors (Lipinski definition) is 4. The molecule has 118 valence electrons. The van der Waals surface area contributed by atoms with Crippen molar-refractivity contribution < 1.29 is 10.1 Å². The first kappa shape index (κ1) is 15.6. The van der Waals surface area contributed by atoms with Gasteiger partial charge < -0.3 is 4.74 Å². The highest BCUT2D eigenvalue weighted by Gasteiger charge is 2.18. The van der Waals surface area contributed by atoms with Crippen LogP contribution in [-0.4, -0.2) is 22.1 Å². The highest BCUT2D eigenvalue weighted by Crippen LogP contribution is 2.30. The number of halogens is 1. The van der Waals surface area contributed by atoms with Gasteiger partial charge in [0.15, 0.2) is 5.82 Å². The van der Waals surface area contributed by atoms with Crippen molar-refractivity contribution in [3.63, 3.8) is 0 Å². The van der Waals surface area contributed by atoms with Crippen LogP contribution in [0.5, 0.6) is 5.75 Å². The van der Waals surface area contributed by atoms with Gasteiger partial charge in [0.1, 0.15) is 5.69 Å². The molecule has 5 nitrogen and oxygen atoms in total. The van der Waals surface area contributed by atoms with Crippen LogP contribution in [0.25, 0.3) is 5.57 Å². The lowest BCUT2D eigenvalue weighted by atomic mass is 9.98. The molecule has 0 saturated heterocycles. The van der Waals surface area contributed by atoms with Crippen molar-refractivity contribution in [1.82, 2.24) is 15.0 Å². The predicted octanol–water partition coefficient (Wildman–Crippen LogP) is 2.95. The first-order valence-corrected chi connectivity index (χ1v) is 7.78. The second-order valence-electron chi connectivity index (χ2n) is 5.40. The van der Waals surface area contributed by atoms with Crippen LogP contribution >= 0.6 is 11.6 Å². The molecule has 0 amide bonds. The Morgan fingerprint density at radius 2 is 2.09 bits per heavy atom. The van der Waals surface area contributed by atoms with Crippen molar-refractivity contribution in [3.8, 4) is 5.75 Å². The summed E-state index contributed by atoms with van der Waals surface area (Å²) in [6.45, 7) is 2.10. The van der Waals surface area contributed by atoms with E-state index in [2.05, 4.69) is 28.0 Å². The molecule has 1 aliphatic carbocycles. The molecule has 0 spiro atoms. The van der Waals surface area contributed by atoms with Crippen LogP contribution in [0.4, 0.5) is 11.5 Å². The van der Waals surface area contributed by atoms with Gasteiger partial charge in [-0.3, -0.25) is 10.3 Å². The Balaban J connectivity index is 1.94. The summed E-state index contributed by atoms with van der Waals surface area (Å²) >= 11 is 6.27. The molecule has 6 heteroatoms. The molecule has 0 fully saturated rings. The third kappa shape index (κ3) is 3.57. The molecule has 0 bridgehead atoms. The number of aromatic nitrogens is 3. The average molecular weight is 330 g/mol. The van der Waals surface area contributed by atoms with Crippen LogP contribution < -0.4 is 10.1 Å². The number of pyridine rings is 1. The number of nitrogens with zero attached hydrogens (tertiary/aromatic N) is 3. The molecule has 23 heavy (non-hydrogen) atoms. The smallest absolute Gasteiger partial charge is 0.276 e. The molecule has 1 unspecified atom stereocenters. The van der Waals surface area contributed by atoms with Gasteiger partial charge >= 0.3 is 0 Å². The lowest BCUT2D eigenvalue weighted by molar-refractivity contribution is -0.483. The monoisotopic (exact) mass is 329 g/mol. The van der Waals surface area contributed by atoms with E-state index in [1.54, 1.807) is 25.7 Å². The van der Waals surface area contributed by atoms with Gasteiger partial charge in [0.05, 0.1) is 13.3 Å². The molecule has 2 aromatic rings. The number of rotatable bonds is 4. The number of ether oxygens (including phenoxy) is 1. The molecule has 0 saturated carbocycles. The Bertz CT molecular complexity index is 758. The van der Waals surface area contributed by atoms with E-state index in [9.17, 15) is 0 Å². The molecule has 1 aliphatic rings. The third-order valence-electron chi connectivity index (χ3n) is 3.73. The minimum absolute atomic E-state index is 0.349. The van der Waals surface area contributed by atoms with Crippen molar-refractivity contribution >= 4 is 28.7 Å². The molecule has 0 aromatic carbocycles. The van der Waals surface area contributed by atoms with Crippen molar-refractivity contribution in [2.24, 2.45) is 5.92 Å². The highest BCUT2D eigenvalue weighted by molar-refractivity contribution is 6.30. The summed E-state index contributed by atoms with van der Waals surface area (Å²) < 4.78 is 5.37. The number of methoxy groups -OCH3 is 1. The number of allylic oxidation sites excluding steroid dienone is 4. The first-order chi connectivity index (χ1) is 11.2. The molecule has 2 heterocycles. The van der Waals surface area contributed by atoms with Crippen molar-refractivity contribution in [2.75, 3.05) is 7.11 Å². The van der Waals surface area contributed by atoms with Crippen LogP contribution in [0.2, 0.25) is 0 Å². The maximum absolute atomic E-state index is 6.27. The standard InChI is InChI=1S/C17H17ClN4O/c1-11-3-4-12(9-14(11)18)16-20-10-15(23-2)17(22-16)21-13-5-7-19-8-6-13/h4-11H,3H2,1-2H3,(H,19,20,21,22)/p+1. The normalized spacial score (nSPS) is 17.4. The Labute approximate surface area is 140 Å². The summed E-state index contributed by atoms with van der Waals surface area (Å²) in [7, 11) is 1.61. The predicted molar refractivity (Wildman–Crippen MR) is 89.8 cm³/mol. The Morgan fingerprint density at radius 3 is 2.78 bits per heavy atom.